The maximum Gasteiger partial charge on any atom is 0.0547 e. The summed E-state index contributed by atoms with van der Waals surface area (Å²) in [6.45, 7) is 29.4. The Balaban J connectivity index is 0.000000210. The predicted octanol–water partition coefficient (Wildman–Crippen LogP) is 6.41. The molecule has 0 aromatic carbocycles. The van der Waals surface area contributed by atoms with Crippen LogP contribution in [0.25, 0.3) is 0 Å². The average Bonchev–Trinajstić information content (AvgIpc) is 3.07. The Labute approximate surface area is 176 Å². The molecule has 3 nitrogen and oxygen atoms in total. The summed E-state index contributed by atoms with van der Waals surface area (Å²) in [5.41, 5.74) is 1.75. The number of rotatable bonds is 0. The standard InChI is InChI=1S/C9H18O.C8H17N.C8H16O/c1-9(2,3)8-4-6-10-7-5-8;1-8(2,3)9-6-4-5-7-9;1-7(2,3)8(4)5-9-6-8/h8H,4-7H2,1-3H3;4-7H2,1-3H3;5-6H2,1-4H3. The SMILES string of the molecule is CC(C)(C)C1(C)COC1.CC(C)(C)C1CCOCC1.CC(C)(C)N1CCCC1. The molecule has 3 heteroatoms. The van der Waals surface area contributed by atoms with Crippen molar-refractivity contribution in [2.45, 2.75) is 100 Å². The molecule has 0 aliphatic carbocycles. The largest absolute Gasteiger partial charge is 0.381 e. The van der Waals surface area contributed by atoms with Crippen molar-refractivity contribution < 1.29 is 9.47 Å². The second kappa shape index (κ2) is 10.3. The summed E-state index contributed by atoms with van der Waals surface area (Å²) in [5, 5.41) is 0. The van der Waals surface area contributed by atoms with Gasteiger partial charge < -0.3 is 9.47 Å². The molecule has 3 fully saturated rings. The lowest BCUT2D eigenvalue weighted by Crippen LogP contribution is -2.49. The Morgan fingerprint density at radius 1 is 0.750 bits per heavy atom. The number of hydrogen-bond acceptors (Lipinski definition) is 3. The highest BCUT2D eigenvalue weighted by atomic mass is 16.5. The minimum absolute atomic E-state index is 0.408. The highest BCUT2D eigenvalue weighted by Crippen LogP contribution is 2.43. The van der Waals surface area contributed by atoms with Crippen LogP contribution < -0.4 is 0 Å². The van der Waals surface area contributed by atoms with Crippen LogP contribution in [0.4, 0.5) is 0 Å². The van der Waals surface area contributed by atoms with Crippen molar-refractivity contribution in [2.24, 2.45) is 22.2 Å². The molecule has 0 spiro atoms. The molecule has 3 rings (SSSR count). The third-order valence-corrected chi connectivity index (χ3v) is 7.15. The van der Waals surface area contributed by atoms with Crippen LogP contribution in [0.15, 0.2) is 0 Å². The molecule has 3 heterocycles. The van der Waals surface area contributed by atoms with Crippen LogP contribution in [0, 0.1) is 22.2 Å². The minimum Gasteiger partial charge on any atom is -0.381 e. The van der Waals surface area contributed by atoms with Crippen LogP contribution in [0.5, 0.6) is 0 Å². The Bertz CT molecular complexity index is 423. The smallest absolute Gasteiger partial charge is 0.0547 e. The van der Waals surface area contributed by atoms with Gasteiger partial charge in [-0.15, -0.1) is 0 Å². The van der Waals surface area contributed by atoms with Crippen molar-refractivity contribution in [3.63, 3.8) is 0 Å². The fraction of sp³-hybridized carbons (Fsp3) is 1.00. The van der Waals surface area contributed by atoms with E-state index >= 15 is 0 Å². The van der Waals surface area contributed by atoms with E-state index in [1.807, 2.05) is 0 Å². The van der Waals surface area contributed by atoms with E-state index in [4.69, 9.17) is 9.47 Å². The lowest BCUT2D eigenvalue weighted by atomic mass is 9.67. The van der Waals surface area contributed by atoms with Crippen LogP contribution in [0.1, 0.15) is 94.9 Å². The lowest BCUT2D eigenvalue weighted by molar-refractivity contribution is -0.158. The van der Waals surface area contributed by atoms with Gasteiger partial charge in [0.25, 0.3) is 0 Å². The minimum atomic E-state index is 0.408. The summed E-state index contributed by atoms with van der Waals surface area (Å²) in [6.07, 6.45) is 5.31. The molecule has 168 valence electrons. The second-order valence-electron chi connectivity index (χ2n) is 12.4. The molecular formula is C25H51NO2. The Morgan fingerprint density at radius 3 is 1.39 bits per heavy atom. The van der Waals surface area contributed by atoms with Gasteiger partial charge in [0, 0.05) is 24.2 Å². The van der Waals surface area contributed by atoms with Gasteiger partial charge in [-0.2, -0.15) is 0 Å². The van der Waals surface area contributed by atoms with Gasteiger partial charge >= 0.3 is 0 Å². The van der Waals surface area contributed by atoms with Crippen molar-refractivity contribution >= 4 is 0 Å². The molecule has 0 bridgehead atoms. The quantitative estimate of drug-likeness (QED) is 0.471. The maximum atomic E-state index is 5.29. The molecule has 0 radical (unpaired) electrons. The molecule has 0 N–H and O–H groups in total. The van der Waals surface area contributed by atoms with E-state index in [0.29, 0.717) is 21.8 Å². The van der Waals surface area contributed by atoms with Gasteiger partial charge in [0.05, 0.1) is 13.2 Å². The summed E-state index contributed by atoms with van der Waals surface area (Å²) in [5.74, 6) is 0.876. The zero-order chi connectivity index (χ0) is 21.6. The molecule has 3 saturated heterocycles. The molecule has 28 heavy (non-hydrogen) atoms. The molecule has 0 unspecified atom stereocenters. The Morgan fingerprint density at radius 2 is 1.21 bits per heavy atom. The van der Waals surface area contributed by atoms with Crippen molar-refractivity contribution in [1.82, 2.24) is 4.90 Å². The molecular weight excluding hydrogens is 346 g/mol. The number of likely N-dealkylation sites (tertiary alicyclic amines) is 1. The molecule has 0 amide bonds. The van der Waals surface area contributed by atoms with Gasteiger partial charge in [-0.25, -0.2) is 0 Å². The third kappa shape index (κ3) is 8.32. The van der Waals surface area contributed by atoms with Crippen LogP contribution in [-0.4, -0.2) is 50.0 Å². The molecule has 3 aliphatic rings. The van der Waals surface area contributed by atoms with Crippen LogP contribution in [-0.2, 0) is 9.47 Å². The van der Waals surface area contributed by atoms with E-state index in [0.717, 1.165) is 32.3 Å². The summed E-state index contributed by atoms with van der Waals surface area (Å²) in [6, 6.07) is 0. The maximum absolute atomic E-state index is 5.29. The fourth-order valence-electron chi connectivity index (χ4n) is 3.79. The van der Waals surface area contributed by atoms with E-state index < -0.39 is 0 Å². The topological polar surface area (TPSA) is 21.7 Å². The molecule has 0 aromatic heterocycles. The van der Waals surface area contributed by atoms with Crippen molar-refractivity contribution in [2.75, 3.05) is 39.5 Å². The van der Waals surface area contributed by atoms with E-state index in [1.54, 1.807) is 0 Å². The Hall–Kier alpha value is -0.120. The number of nitrogens with zero attached hydrogens (tertiary/aromatic N) is 1. The zero-order valence-electron chi connectivity index (χ0n) is 20.9. The fourth-order valence-corrected chi connectivity index (χ4v) is 3.79. The number of ether oxygens (including phenoxy) is 2. The number of hydrogen-bond donors (Lipinski definition) is 0. The average molecular weight is 398 g/mol. The third-order valence-electron chi connectivity index (χ3n) is 7.15. The molecule has 0 aromatic rings. The van der Waals surface area contributed by atoms with Gasteiger partial charge in [-0.05, 0) is 76.3 Å². The van der Waals surface area contributed by atoms with E-state index in [2.05, 4.69) is 74.1 Å². The zero-order valence-corrected chi connectivity index (χ0v) is 20.9. The first-order chi connectivity index (χ1) is 12.7. The van der Waals surface area contributed by atoms with E-state index in [-0.39, 0.29) is 0 Å². The second-order valence-corrected chi connectivity index (χ2v) is 12.4. The van der Waals surface area contributed by atoms with Crippen LogP contribution >= 0.6 is 0 Å². The monoisotopic (exact) mass is 397 g/mol. The molecule has 0 saturated carbocycles. The van der Waals surface area contributed by atoms with Crippen LogP contribution in [0.2, 0.25) is 0 Å². The van der Waals surface area contributed by atoms with Crippen molar-refractivity contribution in [3.8, 4) is 0 Å². The normalized spacial score (nSPS) is 23.8. The lowest BCUT2D eigenvalue weighted by Gasteiger charge is -2.48. The highest BCUT2D eigenvalue weighted by molar-refractivity contribution is 4.91. The predicted molar refractivity (Wildman–Crippen MR) is 122 cm³/mol. The van der Waals surface area contributed by atoms with Gasteiger partial charge in [0.1, 0.15) is 0 Å². The Kier molecular flexibility index (Phi) is 9.50. The first-order valence-corrected chi connectivity index (χ1v) is 11.6. The van der Waals surface area contributed by atoms with E-state index in [1.165, 1.54) is 38.8 Å². The van der Waals surface area contributed by atoms with Gasteiger partial charge in [-0.3, -0.25) is 4.90 Å². The highest BCUT2D eigenvalue weighted by Gasteiger charge is 2.43. The van der Waals surface area contributed by atoms with Gasteiger partial charge in [0.2, 0.25) is 0 Å². The summed E-state index contributed by atoms with van der Waals surface area (Å²) in [7, 11) is 0. The molecule has 0 atom stereocenters. The summed E-state index contributed by atoms with van der Waals surface area (Å²) >= 11 is 0. The molecule has 3 aliphatic heterocycles. The van der Waals surface area contributed by atoms with Gasteiger partial charge in [-0.1, -0.05) is 48.5 Å². The van der Waals surface area contributed by atoms with Crippen LogP contribution in [0.3, 0.4) is 0 Å². The van der Waals surface area contributed by atoms with Gasteiger partial charge in [0.15, 0.2) is 0 Å². The summed E-state index contributed by atoms with van der Waals surface area (Å²) < 4.78 is 10.5. The summed E-state index contributed by atoms with van der Waals surface area (Å²) in [4.78, 5) is 2.55. The first kappa shape index (κ1) is 25.9. The van der Waals surface area contributed by atoms with Crippen molar-refractivity contribution in [3.05, 3.63) is 0 Å². The van der Waals surface area contributed by atoms with Crippen molar-refractivity contribution in [1.29, 1.82) is 0 Å². The first-order valence-electron chi connectivity index (χ1n) is 11.6. The van der Waals surface area contributed by atoms with E-state index in [9.17, 15) is 0 Å².